The summed E-state index contributed by atoms with van der Waals surface area (Å²) < 4.78 is 13.5. The number of aromatic nitrogens is 3. The van der Waals surface area contributed by atoms with Crippen LogP contribution in [0.5, 0.6) is 0 Å². The predicted octanol–water partition coefficient (Wildman–Crippen LogP) is 5.52. The van der Waals surface area contributed by atoms with Crippen LogP contribution in [0.2, 0.25) is 0 Å². The van der Waals surface area contributed by atoms with Crippen molar-refractivity contribution in [3.8, 4) is 11.1 Å². The topological polar surface area (TPSA) is 91.8 Å². The van der Waals surface area contributed by atoms with Crippen molar-refractivity contribution in [3.63, 3.8) is 0 Å². The Balaban J connectivity index is 1.53. The molecule has 2 fully saturated rings. The maximum atomic E-state index is 12.2. The number of aryl methyl sites for hydroxylation is 1. The molecule has 0 unspecified atom stereocenters. The average molecular weight is 465 g/mol. The van der Waals surface area contributed by atoms with Crippen molar-refractivity contribution in [2.45, 2.75) is 71.5 Å². The molecule has 5 rings (SSSR count). The second kappa shape index (κ2) is 8.74. The van der Waals surface area contributed by atoms with Gasteiger partial charge >= 0.3 is 0 Å². The quantitative estimate of drug-likeness (QED) is 0.365. The number of nitrogens with zero attached hydrogens (tertiary/aromatic N) is 4. The van der Waals surface area contributed by atoms with Gasteiger partial charge in [-0.05, 0) is 73.3 Å². The summed E-state index contributed by atoms with van der Waals surface area (Å²) in [6.45, 7) is 9.68. The molecule has 3 aromatic rings. The van der Waals surface area contributed by atoms with E-state index in [2.05, 4.69) is 30.0 Å². The first-order valence-corrected chi connectivity index (χ1v) is 12.2. The van der Waals surface area contributed by atoms with Gasteiger partial charge in [-0.3, -0.25) is 10.1 Å². The fraction of sp³-hybridized carbons (Fsp3) is 0.538. The first kappa shape index (κ1) is 22.9. The van der Waals surface area contributed by atoms with Crippen molar-refractivity contribution < 1.29 is 14.4 Å². The molecule has 1 saturated heterocycles. The lowest BCUT2D eigenvalue weighted by molar-refractivity contribution is -0.385. The van der Waals surface area contributed by atoms with Gasteiger partial charge in [0, 0.05) is 36.2 Å². The van der Waals surface area contributed by atoms with Crippen LogP contribution in [-0.4, -0.2) is 38.5 Å². The molecular weight excluding hydrogens is 432 g/mol. The number of fused-ring (bicyclic) bond motifs is 1. The average Bonchev–Trinajstić information content (AvgIpc) is 3.47. The largest absolute Gasteiger partial charge is 0.348 e. The van der Waals surface area contributed by atoms with Crippen molar-refractivity contribution in [1.82, 2.24) is 14.6 Å². The van der Waals surface area contributed by atoms with Gasteiger partial charge in [0.1, 0.15) is 6.33 Å². The Morgan fingerprint density at radius 3 is 2.50 bits per heavy atom. The van der Waals surface area contributed by atoms with Crippen LogP contribution in [0.1, 0.15) is 67.7 Å². The Labute approximate surface area is 199 Å². The van der Waals surface area contributed by atoms with Crippen molar-refractivity contribution >= 4 is 11.3 Å². The number of rotatable bonds is 5. The molecule has 0 bridgehead atoms. The normalized spacial score (nSPS) is 18.4. The first-order valence-electron chi connectivity index (χ1n) is 12.2. The Morgan fingerprint density at radius 2 is 1.85 bits per heavy atom. The number of benzene rings is 1. The standard InChI is InChI=1S/C26H32N4O4/c1-16(2)21-12-20(11-19-5-7-26(8-6-19)33-9-10-34-26)24(30(31)32)13-22(21)23-14-29-25(27-15-28-29)18(4)17(23)3/h12-16,19H,5-11H2,1-4H3. The van der Waals surface area contributed by atoms with Gasteiger partial charge in [0.05, 0.1) is 18.1 Å². The maximum absolute atomic E-state index is 12.2. The molecule has 1 aromatic carbocycles. The highest BCUT2D eigenvalue weighted by molar-refractivity contribution is 5.77. The molecule has 180 valence electrons. The van der Waals surface area contributed by atoms with Crippen LogP contribution in [0.3, 0.4) is 0 Å². The Kier molecular flexibility index (Phi) is 5.90. The van der Waals surface area contributed by atoms with Crippen LogP contribution in [0.4, 0.5) is 5.69 Å². The number of hydrogen-bond acceptors (Lipinski definition) is 6. The summed E-state index contributed by atoms with van der Waals surface area (Å²) in [6.07, 6.45) is 7.81. The van der Waals surface area contributed by atoms with Gasteiger partial charge in [-0.1, -0.05) is 13.8 Å². The van der Waals surface area contributed by atoms with E-state index in [9.17, 15) is 10.1 Å². The predicted molar refractivity (Wildman–Crippen MR) is 129 cm³/mol. The minimum Gasteiger partial charge on any atom is -0.348 e. The fourth-order valence-corrected chi connectivity index (χ4v) is 5.59. The Bertz CT molecular complexity index is 1230. The van der Waals surface area contributed by atoms with E-state index in [1.807, 2.05) is 20.0 Å². The van der Waals surface area contributed by atoms with Gasteiger partial charge in [-0.25, -0.2) is 9.50 Å². The maximum Gasteiger partial charge on any atom is 0.273 e. The SMILES string of the molecule is Cc1c(-c2cc([N+](=O)[O-])c(CC3CCC4(CC3)OCCO4)cc2C(C)C)cn2ncnc2c1C. The highest BCUT2D eigenvalue weighted by Crippen LogP contribution is 2.42. The van der Waals surface area contributed by atoms with Crippen LogP contribution < -0.4 is 0 Å². The van der Waals surface area contributed by atoms with E-state index < -0.39 is 5.79 Å². The third kappa shape index (κ3) is 3.99. The molecular formula is C26H32N4O4. The van der Waals surface area contributed by atoms with Crippen LogP contribution in [0.15, 0.2) is 24.7 Å². The Hall–Kier alpha value is -2.84. The molecule has 2 aromatic heterocycles. The van der Waals surface area contributed by atoms with Gasteiger partial charge in [-0.15, -0.1) is 0 Å². The monoisotopic (exact) mass is 464 g/mol. The van der Waals surface area contributed by atoms with E-state index in [4.69, 9.17) is 9.47 Å². The molecule has 1 aliphatic heterocycles. The summed E-state index contributed by atoms with van der Waals surface area (Å²) in [6, 6.07) is 3.86. The van der Waals surface area contributed by atoms with Gasteiger partial charge in [0.15, 0.2) is 11.4 Å². The summed E-state index contributed by atoms with van der Waals surface area (Å²) in [4.78, 5) is 16.3. The van der Waals surface area contributed by atoms with E-state index in [0.717, 1.165) is 64.7 Å². The summed E-state index contributed by atoms with van der Waals surface area (Å²) in [5, 5.41) is 16.5. The minimum absolute atomic E-state index is 0.198. The lowest BCUT2D eigenvalue weighted by Crippen LogP contribution is -2.35. The molecule has 1 aliphatic carbocycles. The fourth-order valence-electron chi connectivity index (χ4n) is 5.59. The number of nitro groups is 1. The van der Waals surface area contributed by atoms with Crippen LogP contribution in [0.25, 0.3) is 16.8 Å². The van der Waals surface area contributed by atoms with E-state index >= 15 is 0 Å². The first-order chi connectivity index (χ1) is 16.3. The molecule has 0 amide bonds. The number of hydrogen-bond donors (Lipinski definition) is 0. The van der Waals surface area contributed by atoms with E-state index in [1.165, 1.54) is 6.33 Å². The number of ether oxygens (including phenoxy) is 2. The zero-order valence-electron chi connectivity index (χ0n) is 20.3. The molecule has 0 atom stereocenters. The van der Waals surface area contributed by atoms with Crippen LogP contribution in [-0.2, 0) is 15.9 Å². The zero-order valence-corrected chi connectivity index (χ0v) is 20.3. The van der Waals surface area contributed by atoms with Gasteiger partial charge < -0.3 is 9.47 Å². The molecule has 1 saturated carbocycles. The minimum atomic E-state index is -0.412. The van der Waals surface area contributed by atoms with E-state index in [0.29, 0.717) is 25.6 Å². The van der Waals surface area contributed by atoms with Gasteiger partial charge in [0.25, 0.3) is 5.69 Å². The second-order valence-corrected chi connectivity index (χ2v) is 10.1. The Morgan fingerprint density at radius 1 is 1.15 bits per heavy atom. The smallest absolute Gasteiger partial charge is 0.273 e. The molecule has 8 heteroatoms. The third-order valence-electron chi connectivity index (χ3n) is 7.68. The molecule has 0 N–H and O–H groups in total. The molecule has 1 spiro atoms. The lowest BCUT2D eigenvalue weighted by atomic mass is 9.80. The summed E-state index contributed by atoms with van der Waals surface area (Å²) in [5.74, 6) is 0.194. The van der Waals surface area contributed by atoms with Crippen LogP contribution in [0, 0.1) is 29.9 Å². The third-order valence-corrected chi connectivity index (χ3v) is 7.68. The van der Waals surface area contributed by atoms with Gasteiger partial charge in [0.2, 0.25) is 0 Å². The molecule has 8 nitrogen and oxygen atoms in total. The summed E-state index contributed by atoms with van der Waals surface area (Å²) in [5.41, 5.74) is 6.91. The summed E-state index contributed by atoms with van der Waals surface area (Å²) in [7, 11) is 0. The van der Waals surface area contributed by atoms with E-state index in [1.54, 1.807) is 10.6 Å². The van der Waals surface area contributed by atoms with Crippen molar-refractivity contribution in [2.24, 2.45) is 5.92 Å². The van der Waals surface area contributed by atoms with E-state index in [-0.39, 0.29) is 16.5 Å². The number of nitro benzene ring substituents is 1. The number of pyridine rings is 1. The molecule has 0 radical (unpaired) electrons. The summed E-state index contributed by atoms with van der Waals surface area (Å²) >= 11 is 0. The molecule has 3 heterocycles. The van der Waals surface area contributed by atoms with Gasteiger partial charge in [-0.2, -0.15) is 5.10 Å². The van der Waals surface area contributed by atoms with Crippen LogP contribution >= 0.6 is 0 Å². The highest BCUT2D eigenvalue weighted by Gasteiger charge is 2.40. The molecule has 34 heavy (non-hydrogen) atoms. The van der Waals surface area contributed by atoms with Crippen molar-refractivity contribution in [2.75, 3.05) is 13.2 Å². The van der Waals surface area contributed by atoms with Crippen molar-refractivity contribution in [3.05, 3.63) is 57.0 Å². The van der Waals surface area contributed by atoms with Crippen molar-refractivity contribution in [1.29, 1.82) is 0 Å². The zero-order chi connectivity index (χ0) is 24.0. The second-order valence-electron chi connectivity index (χ2n) is 10.1. The molecule has 2 aliphatic rings. The highest BCUT2D eigenvalue weighted by atomic mass is 16.7. The lowest BCUT2D eigenvalue weighted by Gasteiger charge is -2.35.